The molecule has 0 bridgehead atoms. The Balaban J connectivity index is 1.79. The number of hydrogen-bond acceptors (Lipinski definition) is 2. The number of thiocarbonyl (C=S) groups is 1. The van der Waals surface area contributed by atoms with E-state index in [2.05, 4.69) is 10.6 Å². The summed E-state index contributed by atoms with van der Waals surface area (Å²) >= 11 is 11.0. The van der Waals surface area contributed by atoms with Crippen LogP contribution in [0.2, 0.25) is 5.02 Å². The van der Waals surface area contributed by atoms with E-state index < -0.39 is 17.3 Å². The highest BCUT2D eigenvalue weighted by Gasteiger charge is 2.35. The summed E-state index contributed by atoms with van der Waals surface area (Å²) in [5.74, 6) is 0.780. The number of alkyl halides is 3. The van der Waals surface area contributed by atoms with E-state index >= 15 is 0 Å². The summed E-state index contributed by atoms with van der Waals surface area (Å²) in [6.45, 7) is 5.95. The maximum absolute atomic E-state index is 13.0. The number of hydrogen-bond donors (Lipinski definition) is 2. The third-order valence-electron chi connectivity index (χ3n) is 4.46. The van der Waals surface area contributed by atoms with E-state index in [4.69, 9.17) is 28.6 Å². The maximum atomic E-state index is 13.0. The second-order valence-corrected chi connectivity index (χ2v) is 8.27. The Morgan fingerprint density at radius 2 is 1.93 bits per heavy atom. The highest BCUT2D eigenvalue weighted by atomic mass is 35.5. The smallest absolute Gasteiger partial charge is 0.417 e. The van der Waals surface area contributed by atoms with Crippen LogP contribution < -0.4 is 15.4 Å². The molecule has 3 nitrogen and oxygen atoms in total. The van der Waals surface area contributed by atoms with Crippen LogP contribution in [0.3, 0.4) is 0 Å². The Bertz CT molecular complexity index is 915. The number of anilines is 1. The fourth-order valence-corrected chi connectivity index (χ4v) is 3.72. The van der Waals surface area contributed by atoms with Crippen LogP contribution in [-0.4, -0.2) is 10.7 Å². The fraction of sp³-hybridized carbons (Fsp3) is 0.350. The van der Waals surface area contributed by atoms with E-state index in [-0.39, 0.29) is 21.9 Å². The molecule has 0 spiro atoms. The van der Waals surface area contributed by atoms with E-state index in [1.54, 1.807) is 0 Å². The molecular weight excluding hydrogens is 409 g/mol. The maximum Gasteiger partial charge on any atom is 0.417 e. The first-order valence-electron chi connectivity index (χ1n) is 8.68. The second kappa shape index (κ2) is 7.44. The van der Waals surface area contributed by atoms with Gasteiger partial charge in [0.05, 0.1) is 16.6 Å². The number of rotatable bonds is 2. The second-order valence-electron chi connectivity index (χ2n) is 7.45. The number of fused-ring (bicyclic) bond motifs is 1. The van der Waals surface area contributed by atoms with E-state index in [0.29, 0.717) is 6.42 Å². The van der Waals surface area contributed by atoms with Crippen molar-refractivity contribution >= 4 is 34.6 Å². The van der Waals surface area contributed by atoms with Crippen LogP contribution in [0.4, 0.5) is 18.9 Å². The Morgan fingerprint density at radius 1 is 1.21 bits per heavy atom. The molecule has 1 aliphatic heterocycles. The lowest BCUT2D eigenvalue weighted by Gasteiger charge is -2.38. The van der Waals surface area contributed by atoms with Crippen molar-refractivity contribution in [2.45, 2.75) is 45.0 Å². The topological polar surface area (TPSA) is 33.3 Å². The molecule has 28 heavy (non-hydrogen) atoms. The van der Waals surface area contributed by atoms with Gasteiger partial charge in [0, 0.05) is 17.7 Å². The van der Waals surface area contributed by atoms with Gasteiger partial charge < -0.3 is 15.4 Å². The van der Waals surface area contributed by atoms with Gasteiger partial charge in [0.2, 0.25) is 0 Å². The molecule has 1 atom stereocenters. The predicted molar refractivity (Wildman–Crippen MR) is 109 cm³/mol. The third-order valence-corrected chi connectivity index (χ3v) is 5.01. The van der Waals surface area contributed by atoms with Crippen molar-refractivity contribution in [2.75, 3.05) is 5.32 Å². The monoisotopic (exact) mass is 428 g/mol. The van der Waals surface area contributed by atoms with Crippen molar-refractivity contribution in [1.29, 1.82) is 0 Å². The van der Waals surface area contributed by atoms with Crippen LogP contribution in [0.1, 0.15) is 43.0 Å². The molecule has 3 rings (SSSR count). The van der Waals surface area contributed by atoms with Gasteiger partial charge in [0.15, 0.2) is 5.11 Å². The van der Waals surface area contributed by atoms with Crippen LogP contribution in [-0.2, 0) is 6.18 Å². The van der Waals surface area contributed by atoms with Gasteiger partial charge in [-0.15, -0.1) is 0 Å². The van der Waals surface area contributed by atoms with Crippen molar-refractivity contribution in [3.63, 3.8) is 0 Å². The Kier molecular flexibility index (Phi) is 5.51. The normalized spacial score (nSPS) is 18.0. The number of aryl methyl sites for hydroxylation is 1. The zero-order chi connectivity index (χ0) is 20.7. The van der Waals surface area contributed by atoms with Crippen LogP contribution in [0.5, 0.6) is 5.75 Å². The van der Waals surface area contributed by atoms with Gasteiger partial charge in [-0.2, -0.15) is 13.2 Å². The van der Waals surface area contributed by atoms with Crippen molar-refractivity contribution in [1.82, 2.24) is 5.32 Å². The molecule has 2 aromatic rings. The minimum atomic E-state index is -4.54. The molecule has 0 saturated heterocycles. The SMILES string of the molecule is Cc1ccc2c(c1)OC(C)(C)C[C@@H]2NC(=S)Nc1ccc(Cl)c(C(F)(F)F)c1. The summed E-state index contributed by atoms with van der Waals surface area (Å²) in [6, 6.07) is 9.40. The van der Waals surface area contributed by atoms with Crippen molar-refractivity contribution in [3.8, 4) is 5.75 Å². The molecule has 0 amide bonds. The summed E-state index contributed by atoms with van der Waals surface area (Å²) < 4.78 is 45.2. The molecule has 0 saturated carbocycles. The van der Waals surface area contributed by atoms with Crippen LogP contribution in [0, 0.1) is 6.92 Å². The number of benzene rings is 2. The van der Waals surface area contributed by atoms with Gasteiger partial charge in [0.1, 0.15) is 11.4 Å². The minimum absolute atomic E-state index is 0.131. The van der Waals surface area contributed by atoms with E-state index in [1.807, 2.05) is 39.0 Å². The zero-order valence-corrected chi connectivity index (χ0v) is 17.1. The standard InChI is InChI=1S/C20H20ClF3N2OS/c1-11-4-6-13-16(10-19(2,3)27-17(13)8-11)26-18(28)25-12-5-7-15(21)14(9-12)20(22,23)24/h4-9,16H,10H2,1-3H3,(H2,25,26,28)/t16-/m0/s1. The lowest BCUT2D eigenvalue weighted by atomic mass is 9.89. The lowest BCUT2D eigenvalue weighted by Crippen LogP contribution is -2.42. The van der Waals surface area contributed by atoms with Gasteiger partial charge in [-0.1, -0.05) is 23.7 Å². The molecule has 0 radical (unpaired) electrons. The average Bonchev–Trinajstić information content (AvgIpc) is 2.54. The Labute approximate surface area is 172 Å². The number of nitrogens with one attached hydrogen (secondary N) is 2. The summed E-state index contributed by atoms with van der Waals surface area (Å²) in [4.78, 5) is 0. The largest absolute Gasteiger partial charge is 0.487 e. The minimum Gasteiger partial charge on any atom is -0.487 e. The molecule has 1 aliphatic rings. The van der Waals surface area contributed by atoms with Crippen LogP contribution >= 0.6 is 23.8 Å². The first-order valence-corrected chi connectivity index (χ1v) is 9.47. The summed E-state index contributed by atoms with van der Waals surface area (Å²) in [5.41, 5.74) is 0.940. The number of halogens is 4. The molecule has 0 aromatic heterocycles. The summed E-state index contributed by atoms with van der Waals surface area (Å²) in [7, 11) is 0. The molecule has 8 heteroatoms. The van der Waals surface area contributed by atoms with Gasteiger partial charge in [-0.3, -0.25) is 0 Å². The zero-order valence-electron chi connectivity index (χ0n) is 15.6. The van der Waals surface area contributed by atoms with Crippen molar-refractivity contribution in [2.24, 2.45) is 0 Å². The summed E-state index contributed by atoms with van der Waals surface area (Å²) in [5, 5.41) is 5.89. The molecule has 0 aliphatic carbocycles. The Hall–Kier alpha value is -1.99. The summed E-state index contributed by atoms with van der Waals surface area (Å²) in [6.07, 6.45) is -3.88. The fourth-order valence-electron chi connectivity index (χ4n) is 3.23. The first kappa shape index (κ1) is 20.7. The molecular formula is C20H20ClF3N2OS. The number of ether oxygens (including phenoxy) is 1. The van der Waals surface area contributed by atoms with Crippen LogP contribution in [0.15, 0.2) is 36.4 Å². The third kappa shape index (κ3) is 4.70. The molecule has 150 valence electrons. The molecule has 2 aromatic carbocycles. The van der Waals surface area contributed by atoms with E-state index in [1.165, 1.54) is 12.1 Å². The Morgan fingerprint density at radius 3 is 2.61 bits per heavy atom. The van der Waals surface area contributed by atoms with Gasteiger partial charge in [-0.05, 0) is 62.8 Å². The van der Waals surface area contributed by atoms with Gasteiger partial charge in [0.25, 0.3) is 0 Å². The highest BCUT2D eigenvalue weighted by Crippen LogP contribution is 2.40. The molecule has 0 fully saturated rings. The quantitative estimate of drug-likeness (QED) is 0.553. The van der Waals surface area contributed by atoms with E-state index in [9.17, 15) is 13.2 Å². The van der Waals surface area contributed by atoms with Gasteiger partial charge in [-0.25, -0.2) is 0 Å². The molecule has 1 heterocycles. The van der Waals surface area contributed by atoms with E-state index in [0.717, 1.165) is 22.9 Å². The average molecular weight is 429 g/mol. The lowest BCUT2D eigenvalue weighted by molar-refractivity contribution is -0.137. The first-order chi connectivity index (χ1) is 12.9. The molecule has 2 N–H and O–H groups in total. The predicted octanol–water partition coefficient (Wildman–Crippen LogP) is 6.26. The van der Waals surface area contributed by atoms with Crippen molar-refractivity contribution < 1.29 is 17.9 Å². The van der Waals surface area contributed by atoms with Crippen LogP contribution in [0.25, 0.3) is 0 Å². The molecule has 0 unspecified atom stereocenters. The highest BCUT2D eigenvalue weighted by molar-refractivity contribution is 7.80. The van der Waals surface area contributed by atoms with Gasteiger partial charge >= 0.3 is 6.18 Å². The van der Waals surface area contributed by atoms with Crippen molar-refractivity contribution in [3.05, 3.63) is 58.1 Å².